The van der Waals surface area contributed by atoms with Crippen molar-refractivity contribution in [2.45, 2.75) is 11.3 Å². The number of carbonyl (C=O) groups is 1. The van der Waals surface area contributed by atoms with E-state index in [2.05, 4.69) is 5.32 Å². The van der Waals surface area contributed by atoms with Crippen molar-refractivity contribution in [1.29, 1.82) is 0 Å². The van der Waals surface area contributed by atoms with Crippen LogP contribution in [0, 0.1) is 0 Å². The Morgan fingerprint density at radius 1 is 0.931 bits per heavy atom. The molecule has 0 aliphatic carbocycles. The first-order valence-electron chi connectivity index (χ1n) is 8.83. The summed E-state index contributed by atoms with van der Waals surface area (Å²) in [5, 5.41) is 3.42. The summed E-state index contributed by atoms with van der Waals surface area (Å²) < 4.78 is 27.5. The van der Waals surface area contributed by atoms with Crippen LogP contribution in [0.4, 0.5) is 11.4 Å². The molecule has 1 aliphatic rings. The molecule has 3 aromatic carbocycles. The summed E-state index contributed by atoms with van der Waals surface area (Å²) >= 11 is 11.9. The van der Waals surface area contributed by atoms with Crippen LogP contribution in [-0.2, 0) is 16.4 Å². The van der Waals surface area contributed by atoms with Crippen molar-refractivity contribution in [3.05, 3.63) is 87.9 Å². The predicted molar refractivity (Wildman–Crippen MR) is 116 cm³/mol. The average Bonchev–Trinajstić information content (AvgIpc) is 3.12. The van der Waals surface area contributed by atoms with Gasteiger partial charge in [-0.1, -0.05) is 41.4 Å². The van der Waals surface area contributed by atoms with E-state index < -0.39 is 15.9 Å². The maximum atomic E-state index is 13.0. The van der Waals surface area contributed by atoms with E-state index in [1.54, 1.807) is 12.1 Å². The fourth-order valence-electron chi connectivity index (χ4n) is 3.28. The molecule has 0 atom stereocenters. The molecule has 0 saturated heterocycles. The SMILES string of the molecule is O=C(Nc1ccc(S(=O)(=O)N2CCc3ccccc32)cc1)c1cc(Cl)cc(Cl)c1. The van der Waals surface area contributed by atoms with E-state index in [0.717, 1.165) is 5.56 Å². The van der Waals surface area contributed by atoms with Crippen molar-refractivity contribution in [2.24, 2.45) is 0 Å². The topological polar surface area (TPSA) is 66.5 Å². The van der Waals surface area contributed by atoms with Gasteiger partial charge in [0.1, 0.15) is 0 Å². The van der Waals surface area contributed by atoms with Gasteiger partial charge in [-0.25, -0.2) is 8.42 Å². The van der Waals surface area contributed by atoms with Crippen molar-refractivity contribution in [1.82, 2.24) is 0 Å². The number of hydrogen-bond acceptors (Lipinski definition) is 3. The number of carbonyl (C=O) groups excluding carboxylic acids is 1. The van der Waals surface area contributed by atoms with Gasteiger partial charge in [0.05, 0.1) is 10.6 Å². The first-order chi connectivity index (χ1) is 13.8. The van der Waals surface area contributed by atoms with Gasteiger partial charge in [0, 0.05) is 27.8 Å². The van der Waals surface area contributed by atoms with Crippen LogP contribution in [0.5, 0.6) is 0 Å². The monoisotopic (exact) mass is 446 g/mol. The third-order valence-corrected chi connectivity index (χ3v) is 6.93. The Labute approximate surface area is 178 Å². The minimum Gasteiger partial charge on any atom is -0.322 e. The highest BCUT2D eigenvalue weighted by Gasteiger charge is 2.30. The highest BCUT2D eigenvalue weighted by molar-refractivity contribution is 7.92. The molecule has 0 bridgehead atoms. The van der Waals surface area contributed by atoms with Crippen LogP contribution in [0.25, 0.3) is 0 Å². The van der Waals surface area contributed by atoms with Gasteiger partial charge >= 0.3 is 0 Å². The van der Waals surface area contributed by atoms with Gasteiger partial charge in [-0.3, -0.25) is 9.10 Å². The zero-order valence-electron chi connectivity index (χ0n) is 15.1. The standard InChI is InChI=1S/C21H16Cl2N2O3S/c22-16-11-15(12-17(23)13-16)21(26)24-18-5-7-19(8-6-18)29(27,28)25-10-9-14-3-1-2-4-20(14)25/h1-8,11-13H,9-10H2,(H,24,26). The zero-order valence-corrected chi connectivity index (χ0v) is 17.4. The minimum atomic E-state index is -3.68. The number of amides is 1. The fourth-order valence-corrected chi connectivity index (χ4v) is 5.31. The van der Waals surface area contributed by atoms with Gasteiger partial charge < -0.3 is 5.32 Å². The van der Waals surface area contributed by atoms with Crippen LogP contribution in [0.15, 0.2) is 71.6 Å². The van der Waals surface area contributed by atoms with Gasteiger partial charge in [-0.2, -0.15) is 0 Å². The average molecular weight is 447 g/mol. The van der Waals surface area contributed by atoms with Crippen molar-refractivity contribution < 1.29 is 13.2 Å². The lowest BCUT2D eigenvalue weighted by Crippen LogP contribution is -2.29. The molecule has 0 fully saturated rings. The van der Waals surface area contributed by atoms with Crippen LogP contribution in [0.3, 0.4) is 0 Å². The Morgan fingerprint density at radius 2 is 1.59 bits per heavy atom. The molecule has 1 heterocycles. The normalized spacial score (nSPS) is 13.2. The Kier molecular flexibility index (Phi) is 5.25. The lowest BCUT2D eigenvalue weighted by atomic mass is 10.2. The largest absolute Gasteiger partial charge is 0.322 e. The second-order valence-corrected chi connectivity index (χ2v) is 9.33. The fraction of sp³-hybridized carbons (Fsp3) is 0.0952. The molecule has 0 radical (unpaired) electrons. The Morgan fingerprint density at radius 3 is 2.28 bits per heavy atom. The van der Waals surface area contributed by atoms with Crippen LogP contribution in [0.2, 0.25) is 10.0 Å². The number of rotatable bonds is 4. The lowest BCUT2D eigenvalue weighted by Gasteiger charge is -2.19. The molecule has 4 rings (SSSR count). The quantitative estimate of drug-likeness (QED) is 0.613. The molecule has 5 nitrogen and oxygen atoms in total. The number of anilines is 2. The van der Waals surface area contributed by atoms with Crippen LogP contribution in [-0.4, -0.2) is 20.9 Å². The van der Waals surface area contributed by atoms with Gasteiger partial charge in [-0.15, -0.1) is 0 Å². The first-order valence-corrected chi connectivity index (χ1v) is 11.0. The maximum absolute atomic E-state index is 13.0. The van der Waals surface area contributed by atoms with Crippen molar-refractivity contribution in [3.63, 3.8) is 0 Å². The van der Waals surface area contributed by atoms with E-state index in [9.17, 15) is 13.2 Å². The van der Waals surface area contributed by atoms with Crippen molar-refractivity contribution in [2.75, 3.05) is 16.2 Å². The summed E-state index contributed by atoms with van der Waals surface area (Å²) in [7, 11) is -3.68. The number of halogens is 2. The van der Waals surface area contributed by atoms with Crippen molar-refractivity contribution in [3.8, 4) is 0 Å². The number of hydrogen-bond donors (Lipinski definition) is 1. The van der Waals surface area contributed by atoms with E-state index in [0.29, 0.717) is 39.9 Å². The third-order valence-electron chi connectivity index (χ3n) is 4.67. The molecule has 0 aromatic heterocycles. The van der Waals surface area contributed by atoms with E-state index >= 15 is 0 Å². The smallest absolute Gasteiger partial charge is 0.264 e. The number of benzene rings is 3. The summed E-state index contributed by atoms with van der Waals surface area (Å²) in [4.78, 5) is 12.6. The molecule has 1 aliphatic heterocycles. The van der Waals surface area contributed by atoms with E-state index in [1.165, 1.54) is 34.6 Å². The molecular weight excluding hydrogens is 431 g/mol. The molecule has 148 valence electrons. The number of fused-ring (bicyclic) bond motifs is 1. The van der Waals surface area contributed by atoms with Gasteiger partial charge in [0.25, 0.3) is 15.9 Å². The van der Waals surface area contributed by atoms with Gasteiger partial charge in [-0.05, 0) is 60.5 Å². The number of sulfonamides is 1. The second-order valence-electron chi connectivity index (χ2n) is 6.59. The number of para-hydroxylation sites is 1. The molecule has 8 heteroatoms. The van der Waals surface area contributed by atoms with Crippen LogP contribution >= 0.6 is 23.2 Å². The van der Waals surface area contributed by atoms with Crippen LogP contribution < -0.4 is 9.62 Å². The number of nitrogens with one attached hydrogen (secondary N) is 1. The summed E-state index contributed by atoms with van der Waals surface area (Å²) in [6.07, 6.45) is 0.686. The van der Waals surface area contributed by atoms with E-state index in [1.807, 2.05) is 24.3 Å². The Bertz CT molecular complexity index is 1170. The lowest BCUT2D eigenvalue weighted by molar-refractivity contribution is 0.102. The first kappa shape index (κ1) is 19.8. The highest BCUT2D eigenvalue weighted by Crippen LogP contribution is 2.33. The summed E-state index contributed by atoms with van der Waals surface area (Å²) in [5.74, 6) is -0.390. The molecule has 0 saturated carbocycles. The summed E-state index contributed by atoms with van der Waals surface area (Å²) in [6.45, 7) is 0.412. The highest BCUT2D eigenvalue weighted by atomic mass is 35.5. The molecule has 3 aromatic rings. The summed E-state index contributed by atoms with van der Waals surface area (Å²) in [6, 6.07) is 18.1. The molecule has 0 spiro atoms. The van der Waals surface area contributed by atoms with E-state index in [-0.39, 0.29) is 4.90 Å². The van der Waals surface area contributed by atoms with Crippen LogP contribution in [0.1, 0.15) is 15.9 Å². The summed E-state index contributed by atoms with van der Waals surface area (Å²) in [5.41, 5.74) is 2.50. The molecule has 1 amide bonds. The number of nitrogens with zero attached hydrogens (tertiary/aromatic N) is 1. The van der Waals surface area contributed by atoms with E-state index in [4.69, 9.17) is 23.2 Å². The van der Waals surface area contributed by atoms with Gasteiger partial charge in [0.15, 0.2) is 0 Å². The van der Waals surface area contributed by atoms with Gasteiger partial charge in [0.2, 0.25) is 0 Å². The zero-order chi connectivity index (χ0) is 20.6. The van der Waals surface area contributed by atoms with Crippen molar-refractivity contribution >= 4 is 50.5 Å². The second kappa shape index (κ2) is 7.71. The minimum absolute atomic E-state index is 0.165. The Balaban J connectivity index is 1.54. The molecule has 0 unspecified atom stereocenters. The maximum Gasteiger partial charge on any atom is 0.264 e. The third kappa shape index (κ3) is 3.96. The predicted octanol–water partition coefficient (Wildman–Crippen LogP) is 5.00. The Hall–Kier alpha value is -2.54. The molecular formula is C21H16Cl2N2O3S. The molecule has 29 heavy (non-hydrogen) atoms. The molecule has 1 N–H and O–H groups in total.